The fraction of sp³-hybridized carbons (Fsp3) is 0.636. The van der Waals surface area contributed by atoms with Gasteiger partial charge < -0.3 is 0 Å². The average molecular weight is 184 g/mol. The van der Waals surface area contributed by atoms with E-state index in [0.29, 0.717) is 0 Å². The normalized spacial score (nSPS) is 13.2. The molecule has 0 aliphatic heterocycles. The molecule has 0 aromatic carbocycles. The lowest BCUT2D eigenvalue weighted by Crippen LogP contribution is -1.81. The first-order valence-corrected chi connectivity index (χ1v) is 5.83. The molecule has 0 atom stereocenters. The first kappa shape index (κ1) is 11.8. The minimum absolute atomic E-state index is 0.769. The van der Waals surface area contributed by atoms with Crippen molar-refractivity contribution in [2.24, 2.45) is 5.92 Å². The Labute approximate surface area is 81.1 Å². The Morgan fingerprint density at radius 1 is 1.42 bits per heavy atom. The van der Waals surface area contributed by atoms with Gasteiger partial charge in [-0.2, -0.15) is 0 Å². The molecular weight excluding hydrogens is 164 g/mol. The molecule has 0 unspecified atom stereocenters. The zero-order valence-electron chi connectivity index (χ0n) is 8.63. The molecule has 0 bridgehead atoms. The van der Waals surface area contributed by atoms with E-state index in [0.717, 1.165) is 12.3 Å². The van der Waals surface area contributed by atoms with Crippen molar-refractivity contribution in [3.8, 4) is 0 Å². The largest absolute Gasteiger partial charge is 0.130 e. The van der Waals surface area contributed by atoms with Crippen LogP contribution in [0.1, 0.15) is 33.6 Å². The summed E-state index contributed by atoms with van der Waals surface area (Å²) in [6.07, 6.45) is 11.2. The van der Waals surface area contributed by atoms with Crippen molar-refractivity contribution in [1.29, 1.82) is 0 Å². The van der Waals surface area contributed by atoms with Gasteiger partial charge in [0.15, 0.2) is 0 Å². The third kappa shape index (κ3) is 6.53. The summed E-state index contributed by atoms with van der Waals surface area (Å²) >= 11 is 1.82. The molecule has 0 aliphatic rings. The van der Waals surface area contributed by atoms with E-state index in [9.17, 15) is 0 Å². The Hall–Kier alpha value is -0.170. The Morgan fingerprint density at radius 3 is 2.50 bits per heavy atom. The van der Waals surface area contributed by atoms with Gasteiger partial charge in [-0.3, -0.25) is 0 Å². The molecule has 0 nitrogen and oxygen atoms in total. The molecule has 0 rings (SSSR count). The maximum atomic E-state index is 2.27. The number of rotatable bonds is 5. The number of hydrogen-bond donors (Lipinski definition) is 0. The van der Waals surface area contributed by atoms with E-state index in [1.165, 1.54) is 11.3 Å². The average Bonchev–Trinajstić information content (AvgIpc) is 2.02. The van der Waals surface area contributed by atoms with Crippen molar-refractivity contribution >= 4 is 11.8 Å². The van der Waals surface area contributed by atoms with Crippen molar-refractivity contribution in [3.63, 3.8) is 0 Å². The highest BCUT2D eigenvalue weighted by atomic mass is 32.2. The zero-order chi connectivity index (χ0) is 9.40. The first-order chi connectivity index (χ1) is 5.70. The SMILES string of the molecule is CCC=C(C=CCC(C)C)SC. The van der Waals surface area contributed by atoms with Gasteiger partial charge in [-0.15, -0.1) is 11.8 Å². The van der Waals surface area contributed by atoms with Gasteiger partial charge >= 0.3 is 0 Å². The molecule has 0 aliphatic carbocycles. The molecule has 0 N–H and O–H groups in total. The second-order valence-corrected chi connectivity index (χ2v) is 4.13. The maximum Gasteiger partial charge on any atom is 0.00259 e. The summed E-state index contributed by atoms with van der Waals surface area (Å²) in [5.41, 5.74) is 0. The van der Waals surface area contributed by atoms with Gasteiger partial charge in [0, 0.05) is 4.91 Å². The fourth-order valence-corrected chi connectivity index (χ4v) is 1.44. The van der Waals surface area contributed by atoms with Crippen LogP contribution < -0.4 is 0 Å². The van der Waals surface area contributed by atoms with Crippen molar-refractivity contribution in [1.82, 2.24) is 0 Å². The molecule has 70 valence electrons. The van der Waals surface area contributed by atoms with Crippen molar-refractivity contribution in [3.05, 3.63) is 23.1 Å². The van der Waals surface area contributed by atoms with E-state index in [1.807, 2.05) is 11.8 Å². The van der Waals surface area contributed by atoms with Crippen LogP contribution in [0.2, 0.25) is 0 Å². The molecule has 0 aromatic rings. The number of hydrogen-bond acceptors (Lipinski definition) is 1. The van der Waals surface area contributed by atoms with Crippen molar-refractivity contribution < 1.29 is 0 Å². The topological polar surface area (TPSA) is 0 Å². The molecule has 0 saturated carbocycles. The van der Waals surface area contributed by atoms with Gasteiger partial charge in [-0.25, -0.2) is 0 Å². The Morgan fingerprint density at radius 2 is 2.08 bits per heavy atom. The van der Waals surface area contributed by atoms with E-state index in [1.54, 1.807) is 0 Å². The van der Waals surface area contributed by atoms with Crippen LogP contribution in [0, 0.1) is 5.92 Å². The smallest absolute Gasteiger partial charge is 0.00259 e. The lowest BCUT2D eigenvalue weighted by molar-refractivity contribution is 0.664. The fourth-order valence-electron chi connectivity index (χ4n) is 0.877. The second kappa shape index (κ2) is 7.48. The zero-order valence-corrected chi connectivity index (χ0v) is 9.45. The molecule has 0 fully saturated rings. The minimum Gasteiger partial charge on any atom is -0.130 e. The summed E-state index contributed by atoms with van der Waals surface area (Å²) in [5, 5.41) is 0. The third-order valence-corrected chi connectivity index (χ3v) is 2.30. The summed E-state index contributed by atoms with van der Waals surface area (Å²) in [6.45, 7) is 6.66. The van der Waals surface area contributed by atoms with Crippen molar-refractivity contribution in [2.75, 3.05) is 6.26 Å². The van der Waals surface area contributed by atoms with Gasteiger partial charge in [-0.05, 0) is 25.0 Å². The van der Waals surface area contributed by atoms with E-state index in [-0.39, 0.29) is 0 Å². The lowest BCUT2D eigenvalue weighted by atomic mass is 10.1. The summed E-state index contributed by atoms with van der Waals surface area (Å²) in [6, 6.07) is 0. The molecule has 0 amide bonds. The first-order valence-electron chi connectivity index (χ1n) is 4.61. The highest BCUT2D eigenvalue weighted by Gasteiger charge is 1.89. The molecular formula is C11H20S. The number of allylic oxidation sites excluding steroid dienone is 3. The predicted molar refractivity (Wildman–Crippen MR) is 60.5 cm³/mol. The van der Waals surface area contributed by atoms with Crippen LogP contribution >= 0.6 is 11.8 Å². The van der Waals surface area contributed by atoms with Gasteiger partial charge in [0.05, 0.1) is 0 Å². The molecule has 0 spiro atoms. The molecule has 12 heavy (non-hydrogen) atoms. The third-order valence-electron chi connectivity index (χ3n) is 1.53. The highest BCUT2D eigenvalue weighted by molar-refractivity contribution is 8.02. The van der Waals surface area contributed by atoms with Gasteiger partial charge in [-0.1, -0.05) is 39.0 Å². The number of thioether (sulfide) groups is 1. The summed E-state index contributed by atoms with van der Waals surface area (Å²) in [5.74, 6) is 0.769. The summed E-state index contributed by atoms with van der Waals surface area (Å²) in [7, 11) is 0. The van der Waals surface area contributed by atoms with Crippen LogP contribution in [0.3, 0.4) is 0 Å². The molecule has 1 heteroatoms. The van der Waals surface area contributed by atoms with E-state index >= 15 is 0 Å². The van der Waals surface area contributed by atoms with Crippen LogP contribution in [0.4, 0.5) is 0 Å². The lowest BCUT2D eigenvalue weighted by Gasteiger charge is -1.98. The van der Waals surface area contributed by atoms with Gasteiger partial charge in [0.1, 0.15) is 0 Å². The summed E-state index contributed by atoms with van der Waals surface area (Å²) in [4.78, 5) is 1.39. The standard InChI is InChI=1S/C11H20S/c1-5-7-11(12-4)9-6-8-10(2)3/h6-7,9-10H,5,8H2,1-4H3. The molecule has 0 radical (unpaired) electrons. The summed E-state index contributed by atoms with van der Waals surface area (Å²) < 4.78 is 0. The van der Waals surface area contributed by atoms with Crippen LogP contribution in [0.15, 0.2) is 23.1 Å². The van der Waals surface area contributed by atoms with Gasteiger partial charge in [0.25, 0.3) is 0 Å². The Kier molecular flexibility index (Phi) is 7.37. The van der Waals surface area contributed by atoms with Gasteiger partial charge in [0.2, 0.25) is 0 Å². The van der Waals surface area contributed by atoms with Crippen LogP contribution in [-0.2, 0) is 0 Å². The van der Waals surface area contributed by atoms with E-state index in [4.69, 9.17) is 0 Å². The highest BCUT2D eigenvalue weighted by Crippen LogP contribution is 2.14. The molecule has 0 aromatic heterocycles. The second-order valence-electron chi connectivity index (χ2n) is 3.25. The Balaban J connectivity index is 3.85. The quantitative estimate of drug-likeness (QED) is 0.576. The monoisotopic (exact) mass is 184 g/mol. The van der Waals surface area contributed by atoms with Crippen molar-refractivity contribution in [2.45, 2.75) is 33.6 Å². The van der Waals surface area contributed by atoms with Crippen LogP contribution in [0.25, 0.3) is 0 Å². The molecule has 0 saturated heterocycles. The van der Waals surface area contributed by atoms with E-state index in [2.05, 4.69) is 45.3 Å². The van der Waals surface area contributed by atoms with E-state index < -0.39 is 0 Å². The van der Waals surface area contributed by atoms with Crippen LogP contribution in [0.5, 0.6) is 0 Å². The maximum absolute atomic E-state index is 2.27. The molecule has 0 heterocycles. The Bertz CT molecular complexity index is 154. The minimum atomic E-state index is 0.769. The predicted octanol–water partition coefficient (Wildman–Crippen LogP) is 4.25. The van der Waals surface area contributed by atoms with Crippen LogP contribution in [-0.4, -0.2) is 6.26 Å².